The summed E-state index contributed by atoms with van der Waals surface area (Å²) in [6.45, 7) is 1.94. The molecule has 2 atom stereocenters. The van der Waals surface area contributed by atoms with Crippen molar-refractivity contribution in [3.05, 3.63) is 95.9 Å². The third kappa shape index (κ3) is 4.07. The van der Waals surface area contributed by atoms with Crippen molar-refractivity contribution in [3.8, 4) is 28.1 Å². The highest BCUT2D eigenvalue weighted by Gasteiger charge is 2.22. The maximum absolute atomic E-state index is 14.8. The van der Waals surface area contributed by atoms with Crippen molar-refractivity contribution in [3.63, 3.8) is 0 Å². The van der Waals surface area contributed by atoms with Crippen molar-refractivity contribution in [2.24, 2.45) is 0 Å². The molecule has 34 heavy (non-hydrogen) atoms. The number of phenols is 1. The van der Waals surface area contributed by atoms with Crippen LogP contribution in [-0.2, 0) is 0 Å². The molecule has 0 saturated heterocycles. The van der Waals surface area contributed by atoms with Crippen molar-refractivity contribution < 1.29 is 14.6 Å². The molecule has 6 nitrogen and oxygen atoms in total. The van der Waals surface area contributed by atoms with Crippen LogP contribution in [0.2, 0.25) is 0 Å². The molecule has 0 radical (unpaired) electrons. The molecule has 3 aromatic carbocycles. The van der Waals surface area contributed by atoms with Crippen LogP contribution in [-0.4, -0.2) is 21.8 Å². The Kier molecular flexibility index (Phi) is 5.88. The number of phenolic OH excluding ortho intramolecular Hbond substituents is 1. The number of aliphatic hydroxyl groups is 1. The van der Waals surface area contributed by atoms with Crippen molar-refractivity contribution in [1.82, 2.24) is 10.4 Å². The standard InChI is InChI=1S/C27H25FN4O2/c1-16-20-12-18(10-11-23(20)32-31-16)21-13-19(30-24(15-33)17-6-3-2-4-7-17)14-29-27(21)26-22(28)8-5-9-25(26)34/h2-14,16,24,30-34H,15H2,1H3. The molecule has 0 spiro atoms. The van der Waals surface area contributed by atoms with Crippen LogP contribution >= 0.6 is 0 Å². The fraction of sp³-hybridized carbons (Fsp3) is 0.148. The highest BCUT2D eigenvalue weighted by molar-refractivity contribution is 5.86. The van der Waals surface area contributed by atoms with Gasteiger partial charge in [0.15, 0.2) is 0 Å². The number of nitrogens with one attached hydrogen (secondary N) is 3. The van der Waals surface area contributed by atoms with E-state index in [1.807, 2.05) is 61.5 Å². The number of aliphatic hydroxyl groups excluding tert-OH is 1. The molecule has 0 amide bonds. The third-order valence-corrected chi connectivity index (χ3v) is 6.09. The van der Waals surface area contributed by atoms with E-state index in [1.54, 1.807) is 6.20 Å². The van der Waals surface area contributed by atoms with Gasteiger partial charge in [-0.05, 0) is 53.9 Å². The zero-order valence-electron chi connectivity index (χ0n) is 18.6. The molecule has 5 rings (SSSR count). The van der Waals surface area contributed by atoms with Crippen LogP contribution < -0.4 is 16.2 Å². The molecular formula is C27H25FN4O2. The second kappa shape index (κ2) is 9.13. The van der Waals surface area contributed by atoms with Gasteiger partial charge < -0.3 is 21.0 Å². The molecule has 1 aromatic heterocycles. The fourth-order valence-corrected chi connectivity index (χ4v) is 4.30. The summed E-state index contributed by atoms with van der Waals surface area (Å²) in [5.74, 6) is -0.727. The Morgan fingerprint density at radius 3 is 2.65 bits per heavy atom. The first-order chi connectivity index (χ1) is 16.5. The van der Waals surface area contributed by atoms with Crippen LogP contribution in [0.1, 0.15) is 30.1 Å². The van der Waals surface area contributed by atoms with Gasteiger partial charge in [-0.25, -0.2) is 9.82 Å². The van der Waals surface area contributed by atoms with Gasteiger partial charge >= 0.3 is 0 Å². The average Bonchev–Trinajstić information content (AvgIpc) is 3.23. The summed E-state index contributed by atoms with van der Waals surface area (Å²) in [6, 6.07) is 21.4. The molecule has 7 heteroatoms. The second-order valence-electron chi connectivity index (χ2n) is 8.34. The Morgan fingerprint density at radius 1 is 1.06 bits per heavy atom. The second-order valence-corrected chi connectivity index (χ2v) is 8.34. The molecule has 1 aliphatic rings. The lowest BCUT2D eigenvalue weighted by Gasteiger charge is -2.20. The number of nitrogens with zero attached hydrogens (tertiary/aromatic N) is 1. The van der Waals surface area contributed by atoms with E-state index in [2.05, 4.69) is 21.2 Å². The van der Waals surface area contributed by atoms with Crippen LogP contribution in [0.15, 0.2) is 79.0 Å². The van der Waals surface area contributed by atoms with E-state index >= 15 is 0 Å². The van der Waals surface area contributed by atoms with Gasteiger partial charge in [-0.15, -0.1) is 0 Å². The Hall–Kier alpha value is -3.94. The van der Waals surface area contributed by atoms with Crippen LogP contribution in [0, 0.1) is 5.82 Å². The first-order valence-corrected chi connectivity index (χ1v) is 11.1. The van der Waals surface area contributed by atoms with E-state index in [1.165, 1.54) is 18.2 Å². The summed E-state index contributed by atoms with van der Waals surface area (Å²) in [6.07, 6.45) is 1.59. The summed E-state index contributed by atoms with van der Waals surface area (Å²) in [7, 11) is 0. The molecule has 0 fully saturated rings. The zero-order valence-corrected chi connectivity index (χ0v) is 18.6. The summed E-state index contributed by atoms with van der Waals surface area (Å²) in [5.41, 5.74) is 11.9. The van der Waals surface area contributed by atoms with Gasteiger partial charge in [-0.2, -0.15) is 0 Å². The maximum Gasteiger partial charge on any atom is 0.136 e. The molecule has 2 heterocycles. The largest absolute Gasteiger partial charge is 0.507 e. The number of hydrogen-bond donors (Lipinski definition) is 5. The number of anilines is 2. The van der Waals surface area contributed by atoms with E-state index in [0.717, 1.165) is 22.4 Å². The minimum absolute atomic E-state index is 0.0515. The topological polar surface area (TPSA) is 89.4 Å². The minimum atomic E-state index is -0.551. The van der Waals surface area contributed by atoms with Crippen LogP contribution in [0.4, 0.5) is 15.8 Å². The molecule has 0 saturated carbocycles. The lowest BCUT2D eigenvalue weighted by atomic mass is 9.95. The summed E-state index contributed by atoms with van der Waals surface area (Å²) in [5, 5.41) is 23.8. The van der Waals surface area contributed by atoms with Gasteiger partial charge in [-0.1, -0.05) is 42.5 Å². The smallest absolute Gasteiger partial charge is 0.136 e. The van der Waals surface area contributed by atoms with Crippen molar-refractivity contribution in [1.29, 1.82) is 0 Å². The van der Waals surface area contributed by atoms with E-state index in [9.17, 15) is 14.6 Å². The summed E-state index contributed by atoms with van der Waals surface area (Å²) in [4.78, 5) is 4.57. The van der Waals surface area contributed by atoms with Crippen molar-refractivity contribution in [2.45, 2.75) is 19.0 Å². The summed E-state index contributed by atoms with van der Waals surface area (Å²) < 4.78 is 14.8. The SMILES string of the molecule is CC1NNc2ccc(-c3cc(NC(CO)c4ccccc4)cnc3-c3c(O)cccc3F)cc21. The maximum atomic E-state index is 14.8. The molecule has 2 unspecified atom stereocenters. The van der Waals surface area contributed by atoms with Gasteiger partial charge in [0.25, 0.3) is 0 Å². The molecule has 1 aliphatic heterocycles. The Balaban J connectivity index is 1.63. The molecule has 4 aromatic rings. The van der Waals surface area contributed by atoms with Crippen molar-refractivity contribution in [2.75, 3.05) is 17.3 Å². The third-order valence-electron chi connectivity index (χ3n) is 6.09. The van der Waals surface area contributed by atoms with E-state index < -0.39 is 5.82 Å². The van der Waals surface area contributed by atoms with Crippen molar-refractivity contribution >= 4 is 11.4 Å². The van der Waals surface area contributed by atoms with Crippen LogP contribution in [0.5, 0.6) is 5.75 Å². The first kappa shape index (κ1) is 21.9. The predicted octanol–water partition coefficient (Wildman–Crippen LogP) is 5.40. The molecule has 0 aliphatic carbocycles. The number of hydrogen-bond acceptors (Lipinski definition) is 6. The number of halogens is 1. The lowest BCUT2D eigenvalue weighted by Crippen LogP contribution is -2.15. The van der Waals surface area contributed by atoms with E-state index in [-0.39, 0.29) is 30.0 Å². The quantitative estimate of drug-likeness (QED) is 0.267. The van der Waals surface area contributed by atoms with Gasteiger partial charge in [0.05, 0.1) is 47.5 Å². The average molecular weight is 457 g/mol. The Labute approximate surface area is 197 Å². The van der Waals surface area contributed by atoms with Gasteiger partial charge in [0.2, 0.25) is 0 Å². The number of aromatic nitrogens is 1. The van der Waals surface area contributed by atoms with E-state index in [0.29, 0.717) is 16.9 Å². The number of rotatable bonds is 6. The monoisotopic (exact) mass is 456 g/mol. The number of benzene rings is 3. The number of fused-ring (bicyclic) bond motifs is 1. The highest BCUT2D eigenvalue weighted by Crippen LogP contribution is 2.40. The predicted molar refractivity (Wildman–Crippen MR) is 132 cm³/mol. The Bertz CT molecular complexity index is 1310. The van der Waals surface area contributed by atoms with Gasteiger partial charge in [0.1, 0.15) is 11.6 Å². The lowest BCUT2D eigenvalue weighted by molar-refractivity contribution is 0.276. The van der Waals surface area contributed by atoms with E-state index in [4.69, 9.17) is 0 Å². The Morgan fingerprint density at radius 2 is 1.88 bits per heavy atom. The van der Waals surface area contributed by atoms with Crippen LogP contribution in [0.3, 0.4) is 0 Å². The molecule has 172 valence electrons. The normalized spacial score (nSPS) is 15.4. The van der Waals surface area contributed by atoms with Gasteiger partial charge in [-0.3, -0.25) is 4.98 Å². The van der Waals surface area contributed by atoms with Gasteiger partial charge in [0, 0.05) is 5.56 Å². The van der Waals surface area contributed by atoms with Crippen LogP contribution in [0.25, 0.3) is 22.4 Å². The first-order valence-electron chi connectivity index (χ1n) is 11.1. The zero-order chi connectivity index (χ0) is 23.7. The molecule has 0 bridgehead atoms. The molecule has 5 N–H and O–H groups in total. The highest BCUT2D eigenvalue weighted by atomic mass is 19.1. The number of aromatic hydroxyl groups is 1. The molecular weight excluding hydrogens is 431 g/mol. The minimum Gasteiger partial charge on any atom is -0.507 e. The fourth-order valence-electron chi connectivity index (χ4n) is 4.30. The summed E-state index contributed by atoms with van der Waals surface area (Å²) >= 11 is 0. The number of hydrazine groups is 1. The number of pyridine rings is 1.